The predicted octanol–water partition coefficient (Wildman–Crippen LogP) is 3.94. The highest BCUT2D eigenvalue weighted by molar-refractivity contribution is 7.99. The molecule has 0 fully saturated rings. The highest BCUT2D eigenvalue weighted by Crippen LogP contribution is 2.36. The molecule has 2 aromatic heterocycles. The Labute approximate surface area is 172 Å². The number of para-hydroxylation sites is 1. The van der Waals surface area contributed by atoms with Gasteiger partial charge in [0, 0.05) is 10.9 Å². The summed E-state index contributed by atoms with van der Waals surface area (Å²) < 4.78 is 1.66. The third-order valence-electron chi connectivity index (χ3n) is 5.07. The van der Waals surface area contributed by atoms with Crippen molar-refractivity contribution in [2.45, 2.75) is 50.7 Å². The average Bonchev–Trinajstić information content (AvgIpc) is 3.27. The molecule has 0 unspecified atom stereocenters. The minimum Gasteiger partial charge on any atom is -0.353 e. The summed E-state index contributed by atoms with van der Waals surface area (Å²) in [6.07, 6.45) is 3.97. The number of hydrogen-bond acceptors (Lipinski definition) is 5. The van der Waals surface area contributed by atoms with Gasteiger partial charge in [0.25, 0.3) is 5.56 Å². The molecule has 0 aliphatic heterocycles. The number of thioether (sulfide) groups is 1. The van der Waals surface area contributed by atoms with Crippen molar-refractivity contribution in [3.05, 3.63) is 51.1 Å². The number of carbonyl (C=O) groups is 1. The van der Waals surface area contributed by atoms with Crippen molar-refractivity contribution < 1.29 is 4.79 Å². The van der Waals surface area contributed by atoms with Crippen molar-refractivity contribution in [3.8, 4) is 5.69 Å². The predicted molar refractivity (Wildman–Crippen MR) is 116 cm³/mol. The number of rotatable bonds is 6. The van der Waals surface area contributed by atoms with Gasteiger partial charge in [0.05, 0.1) is 16.8 Å². The summed E-state index contributed by atoms with van der Waals surface area (Å²) in [4.78, 5) is 32.6. The summed E-state index contributed by atoms with van der Waals surface area (Å²) in [5, 5.41) is 4.30. The minimum absolute atomic E-state index is 0.0274. The SMILES string of the molecule is CC[C@H](C)NC(=O)CSc1nc2sc3c(c2c(=O)n1-c1ccccc1)CCC3. The maximum Gasteiger partial charge on any atom is 0.267 e. The third kappa shape index (κ3) is 3.61. The number of nitrogens with zero attached hydrogens (tertiary/aromatic N) is 2. The Kier molecular flexibility index (Phi) is 5.55. The second-order valence-electron chi connectivity index (χ2n) is 7.07. The molecule has 4 rings (SSSR count). The second kappa shape index (κ2) is 8.09. The van der Waals surface area contributed by atoms with Crippen molar-refractivity contribution >= 4 is 39.2 Å². The lowest BCUT2D eigenvalue weighted by molar-refractivity contribution is -0.119. The highest BCUT2D eigenvalue weighted by Gasteiger charge is 2.24. The van der Waals surface area contributed by atoms with Crippen LogP contribution >= 0.6 is 23.1 Å². The molecule has 5 nitrogen and oxygen atoms in total. The molecule has 3 aromatic rings. The van der Waals surface area contributed by atoms with Gasteiger partial charge in [-0.1, -0.05) is 36.9 Å². The van der Waals surface area contributed by atoms with Gasteiger partial charge < -0.3 is 5.32 Å². The van der Waals surface area contributed by atoms with E-state index in [9.17, 15) is 9.59 Å². The van der Waals surface area contributed by atoms with Crippen LogP contribution in [0.15, 0.2) is 40.3 Å². The zero-order valence-electron chi connectivity index (χ0n) is 16.0. The fourth-order valence-electron chi connectivity index (χ4n) is 3.47. The van der Waals surface area contributed by atoms with E-state index in [2.05, 4.69) is 5.32 Å². The van der Waals surface area contributed by atoms with E-state index >= 15 is 0 Å². The summed E-state index contributed by atoms with van der Waals surface area (Å²) >= 11 is 2.95. The molecule has 1 amide bonds. The number of carbonyl (C=O) groups excluding carboxylic acids is 1. The van der Waals surface area contributed by atoms with E-state index in [1.807, 2.05) is 44.2 Å². The monoisotopic (exact) mass is 413 g/mol. The molecule has 2 heterocycles. The summed E-state index contributed by atoms with van der Waals surface area (Å²) in [5.74, 6) is 0.196. The Balaban J connectivity index is 1.76. The number of nitrogens with one attached hydrogen (secondary N) is 1. The van der Waals surface area contributed by atoms with Crippen molar-refractivity contribution in [1.29, 1.82) is 0 Å². The molecule has 1 aliphatic carbocycles. The maximum atomic E-state index is 13.5. The van der Waals surface area contributed by atoms with E-state index in [0.717, 1.165) is 41.6 Å². The fourth-order valence-corrected chi connectivity index (χ4v) is 5.60. The van der Waals surface area contributed by atoms with Crippen molar-refractivity contribution in [2.24, 2.45) is 0 Å². The van der Waals surface area contributed by atoms with Crippen LogP contribution in [-0.2, 0) is 17.6 Å². The summed E-state index contributed by atoms with van der Waals surface area (Å²) in [6, 6.07) is 9.70. The van der Waals surface area contributed by atoms with Crippen LogP contribution in [0.4, 0.5) is 0 Å². The number of thiophene rings is 1. The quantitative estimate of drug-likeness (QED) is 0.491. The van der Waals surface area contributed by atoms with Gasteiger partial charge in [0.15, 0.2) is 5.16 Å². The lowest BCUT2D eigenvalue weighted by atomic mass is 10.2. The van der Waals surface area contributed by atoms with E-state index in [-0.39, 0.29) is 23.3 Å². The van der Waals surface area contributed by atoms with Gasteiger partial charge in [-0.3, -0.25) is 14.2 Å². The topological polar surface area (TPSA) is 64.0 Å². The normalized spacial score (nSPS) is 14.2. The molecule has 28 heavy (non-hydrogen) atoms. The first kappa shape index (κ1) is 19.2. The Hall–Kier alpha value is -2.12. The van der Waals surface area contributed by atoms with E-state index in [1.165, 1.54) is 22.2 Å². The molecule has 1 aromatic carbocycles. The summed E-state index contributed by atoms with van der Waals surface area (Å²) in [5.41, 5.74) is 1.93. The molecular weight excluding hydrogens is 390 g/mol. The van der Waals surface area contributed by atoms with Gasteiger partial charge in [0.1, 0.15) is 4.83 Å². The van der Waals surface area contributed by atoms with E-state index in [4.69, 9.17) is 4.98 Å². The van der Waals surface area contributed by atoms with Crippen LogP contribution < -0.4 is 10.9 Å². The molecule has 0 saturated heterocycles. The number of hydrogen-bond donors (Lipinski definition) is 1. The smallest absolute Gasteiger partial charge is 0.267 e. The standard InChI is InChI=1S/C21H23N3O2S2/c1-3-13(2)22-17(25)12-27-21-23-19-18(15-10-7-11-16(15)28-19)20(26)24(21)14-8-5-4-6-9-14/h4-6,8-9,13H,3,7,10-12H2,1-2H3,(H,22,25)/t13-/m0/s1. The summed E-state index contributed by atoms with van der Waals surface area (Å²) in [7, 11) is 0. The van der Waals surface area contributed by atoms with Crippen LogP contribution in [0.1, 0.15) is 37.1 Å². The van der Waals surface area contributed by atoms with Crippen LogP contribution in [0, 0.1) is 0 Å². The first-order chi connectivity index (χ1) is 13.6. The van der Waals surface area contributed by atoms with Crippen LogP contribution in [-0.4, -0.2) is 27.3 Å². The van der Waals surface area contributed by atoms with Gasteiger partial charge in [-0.15, -0.1) is 11.3 Å². The third-order valence-corrected chi connectivity index (χ3v) is 7.20. The van der Waals surface area contributed by atoms with Gasteiger partial charge in [-0.25, -0.2) is 4.98 Å². The molecule has 0 saturated carbocycles. The summed E-state index contributed by atoms with van der Waals surface area (Å²) in [6.45, 7) is 4.02. The fraction of sp³-hybridized carbons (Fsp3) is 0.381. The van der Waals surface area contributed by atoms with E-state index in [0.29, 0.717) is 5.16 Å². The zero-order chi connectivity index (χ0) is 19.7. The number of benzene rings is 1. The van der Waals surface area contributed by atoms with E-state index < -0.39 is 0 Å². The Bertz CT molecular complexity index is 1070. The highest BCUT2D eigenvalue weighted by atomic mass is 32.2. The van der Waals surface area contributed by atoms with Crippen molar-refractivity contribution in [1.82, 2.24) is 14.9 Å². The van der Waals surface area contributed by atoms with Crippen molar-refractivity contribution in [2.75, 3.05) is 5.75 Å². The van der Waals surface area contributed by atoms with Gasteiger partial charge >= 0.3 is 0 Å². The van der Waals surface area contributed by atoms with Gasteiger partial charge in [-0.05, 0) is 50.3 Å². The van der Waals surface area contributed by atoms with Crippen LogP contribution in [0.2, 0.25) is 0 Å². The molecule has 0 spiro atoms. The largest absolute Gasteiger partial charge is 0.353 e. The molecule has 1 N–H and O–H groups in total. The number of amides is 1. The number of fused-ring (bicyclic) bond motifs is 3. The molecular formula is C21H23N3O2S2. The molecule has 7 heteroatoms. The Morgan fingerprint density at radius 1 is 1.32 bits per heavy atom. The van der Waals surface area contributed by atoms with Gasteiger partial charge in [0.2, 0.25) is 5.91 Å². The number of aromatic nitrogens is 2. The van der Waals surface area contributed by atoms with Crippen LogP contribution in [0.3, 0.4) is 0 Å². The lowest BCUT2D eigenvalue weighted by Gasteiger charge is -2.14. The average molecular weight is 414 g/mol. The molecule has 1 atom stereocenters. The molecule has 0 radical (unpaired) electrons. The number of aryl methyl sites for hydroxylation is 2. The second-order valence-corrected chi connectivity index (χ2v) is 9.10. The molecule has 146 valence electrons. The minimum atomic E-state index is -0.0398. The lowest BCUT2D eigenvalue weighted by Crippen LogP contribution is -2.33. The first-order valence-electron chi connectivity index (χ1n) is 9.63. The zero-order valence-corrected chi connectivity index (χ0v) is 17.7. The van der Waals surface area contributed by atoms with Crippen LogP contribution in [0.25, 0.3) is 15.9 Å². The van der Waals surface area contributed by atoms with Crippen LogP contribution in [0.5, 0.6) is 0 Å². The van der Waals surface area contributed by atoms with Crippen molar-refractivity contribution in [3.63, 3.8) is 0 Å². The molecule has 1 aliphatic rings. The Morgan fingerprint density at radius 2 is 2.11 bits per heavy atom. The van der Waals surface area contributed by atoms with Gasteiger partial charge in [-0.2, -0.15) is 0 Å². The first-order valence-corrected chi connectivity index (χ1v) is 11.4. The Morgan fingerprint density at radius 3 is 2.86 bits per heavy atom. The molecule has 0 bridgehead atoms. The van der Waals surface area contributed by atoms with E-state index in [1.54, 1.807) is 15.9 Å². The maximum absolute atomic E-state index is 13.5.